The highest BCUT2D eigenvalue weighted by molar-refractivity contribution is 7.89. The molecular formula is C15H25FN2O2S. The molecule has 0 fully saturated rings. The van der Waals surface area contributed by atoms with Gasteiger partial charge in [0.2, 0.25) is 10.0 Å². The van der Waals surface area contributed by atoms with Gasteiger partial charge in [0.15, 0.2) is 0 Å². The molecule has 0 amide bonds. The van der Waals surface area contributed by atoms with Crippen LogP contribution in [-0.4, -0.2) is 32.4 Å². The molecule has 0 aliphatic heterocycles. The van der Waals surface area contributed by atoms with E-state index in [9.17, 15) is 12.8 Å². The van der Waals surface area contributed by atoms with Crippen LogP contribution >= 0.6 is 0 Å². The Labute approximate surface area is 127 Å². The van der Waals surface area contributed by atoms with Crippen LogP contribution < -0.4 is 5.32 Å². The zero-order valence-electron chi connectivity index (χ0n) is 13.4. The summed E-state index contributed by atoms with van der Waals surface area (Å²) in [5.74, 6) is -0.530. The molecule has 21 heavy (non-hydrogen) atoms. The lowest BCUT2D eigenvalue weighted by Gasteiger charge is -2.20. The molecule has 0 unspecified atom stereocenters. The van der Waals surface area contributed by atoms with E-state index in [1.165, 1.54) is 23.5 Å². The predicted octanol–water partition coefficient (Wildman–Crippen LogP) is 2.60. The summed E-state index contributed by atoms with van der Waals surface area (Å²) in [5, 5.41) is 3.19. The molecule has 0 aromatic heterocycles. The van der Waals surface area contributed by atoms with Crippen LogP contribution in [0.3, 0.4) is 0 Å². The zero-order valence-corrected chi connectivity index (χ0v) is 14.2. The standard InChI is InChI=1S/C15H25FN2O2S/c1-11(2)10-18(5)21(19,20)15-8-13(6-7-14(15)16)9-17-12(3)4/h6-8,11-12,17H,9-10H2,1-5H3. The Morgan fingerprint density at radius 1 is 1.24 bits per heavy atom. The fourth-order valence-electron chi connectivity index (χ4n) is 1.96. The van der Waals surface area contributed by atoms with E-state index in [4.69, 9.17) is 0 Å². The molecule has 6 heteroatoms. The molecule has 0 aliphatic rings. The Balaban J connectivity index is 3.07. The maximum atomic E-state index is 13.9. The van der Waals surface area contributed by atoms with Crippen molar-refractivity contribution in [2.75, 3.05) is 13.6 Å². The van der Waals surface area contributed by atoms with Crippen molar-refractivity contribution in [2.24, 2.45) is 5.92 Å². The van der Waals surface area contributed by atoms with Crippen molar-refractivity contribution in [3.05, 3.63) is 29.6 Å². The lowest BCUT2D eigenvalue weighted by Crippen LogP contribution is -2.31. The molecule has 1 aromatic rings. The molecule has 0 aliphatic carbocycles. The second-order valence-electron chi connectivity index (χ2n) is 5.98. The first-order valence-electron chi connectivity index (χ1n) is 7.12. The summed E-state index contributed by atoms with van der Waals surface area (Å²) in [5.41, 5.74) is 0.752. The molecule has 4 nitrogen and oxygen atoms in total. The molecule has 0 saturated carbocycles. The quantitative estimate of drug-likeness (QED) is 0.841. The van der Waals surface area contributed by atoms with Crippen LogP contribution in [0, 0.1) is 11.7 Å². The number of nitrogens with zero attached hydrogens (tertiary/aromatic N) is 1. The van der Waals surface area contributed by atoms with E-state index in [0.29, 0.717) is 13.1 Å². The van der Waals surface area contributed by atoms with Crippen molar-refractivity contribution in [1.29, 1.82) is 0 Å². The molecule has 0 radical (unpaired) electrons. The third kappa shape index (κ3) is 5.05. The SMILES string of the molecule is CC(C)CN(C)S(=O)(=O)c1cc(CNC(C)C)ccc1F. The topological polar surface area (TPSA) is 49.4 Å². The van der Waals surface area contributed by atoms with Crippen molar-refractivity contribution >= 4 is 10.0 Å². The van der Waals surface area contributed by atoms with Crippen LogP contribution in [0.1, 0.15) is 33.3 Å². The van der Waals surface area contributed by atoms with E-state index >= 15 is 0 Å². The number of hydrogen-bond donors (Lipinski definition) is 1. The number of hydrogen-bond acceptors (Lipinski definition) is 3. The van der Waals surface area contributed by atoms with Gasteiger partial charge in [-0.25, -0.2) is 17.1 Å². The minimum absolute atomic E-state index is 0.179. The van der Waals surface area contributed by atoms with Gasteiger partial charge in [-0.15, -0.1) is 0 Å². The Bertz CT molecular complexity index is 571. The second-order valence-corrected chi connectivity index (χ2v) is 7.99. The molecular weight excluding hydrogens is 291 g/mol. The fourth-order valence-corrected chi connectivity index (χ4v) is 3.40. The molecule has 0 saturated heterocycles. The molecule has 0 spiro atoms. The van der Waals surface area contributed by atoms with Gasteiger partial charge in [0.1, 0.15) is 10.7 Å². The van der Waals surface area contributed by atoms with Crippen molar-refractivity contribution < 1.29 is 12.8 Å². The highest BCUT2D eigenvalue weighted by Gasteiger charge is 2.25. The van der Waals surface area contributed by atoms with Crippen LogP contribution in [0.5, 0.6) is 0 Å². The first-order valence-corrected chi connectivity index (χ1v) is 8.56. The Morgan fingerprint density at radius 3 is 2.38 bits per heavy atom. The van der Waals surface area contributed by atoms with E-state index in [0.717, 1.165) is 5.56 Å². The van der Waals surface area contributed by atoms with Crippen LogP contribution in [0.15, 0.2) is 23.1 Å². The Hall–Kier alpha value is -0.980. The highest BCUT2D eigenvalue weighted by Crippen LogP contribution is 2.20. The van der Waals surface area contributed by atoms with Crippen LogP contribution in [0.2, 0.25) is 0 Å². The molecule has 1 N–H and O–H groups in total. The van der Waals surface area contributed by atoms with Gasteiger partial charge in [-0.2, -0.15) is 0 Å². The normalized spacial score (nSPS) is 12.6. The molecule has 0 bridgehead atoms. The summed E-state index contributed by atoms with van der Waals surface area (Å²) in [6.07, 6.45) is 0. The lowest BCUT2D eigenvalue weighted by molar-refractivity contribution is 0.414. The average Bonchev–Trinajstić information content (AvgIpc) is 2.36. The predicted molar refractivity (Wildman–Crippen MR) is 83.0 cm³/mol. The van der Waals surface area contributed by atoms with E-state index in [-0.39, 0.29) is 16.9 Å². The minimum atomic E-state index is -3.80. The van der Waals surface area contributed by atoms with Gasteiger partial charge >= 0.3 is 0 Å². The van der Waals surface area contributed by atoms with Crippen molar-refractivity contribution in [1.82, 2.24) is 9.62 Å². The van der Waals surface area contributed by atoms with Crippen molar-refractivity contribution in [3.8, 4) is 0 Å². The Kier molecular flexibility index (Phi) is 6.31. The highest BCUT2D eigenvalue weighted by atomic mass is 32.2. The van der Waals surface area contributed by atoms with Crippen molar-refractivity contribution in [2.45, 2.75) is 45.2 Å². The lowest BCUT2D eigenvalue weighted by atomic mass is 10.2. The summed E-state index contributed by atoms with van der Waals surface area (Å²) >= 11 is 0. The van der Waals surface area contributed by atoms with E-state index in [2.05, 4.69) is 5.32 Å². The van der Waals surface area contributed by atoms with Gasteiger partial charge in [-0.1, -0.05) is 33.8 Å². The fraction of sp³-hybridized carbons (Fsp3) is 0.600. The molecule has 1 aromatic carbocycles. The van der Waals surface area contributed by atoms with E-state index in [1.807, 2.05) is 27.7 Å². The maximum Gasteiger partial charge on any atom is 0.245 e. The monoisotopic (exact) mass is 316 g/mol. The number of nitrogens with one attached hydrogen (secondary N) is 1. The summed E-state index contributed by atoms with van der Waals surface area (Å²) < 4.78 is 40.0. The number of benzene rings is 1. The summed E-state index contributed by atoms with van der Waals surface area (Å²) in [6.45, 7) is 8.70. The summed E-state index contributed by atoms with van der Waals surface area (Å²) in [6, 6.07) is 4.51. The van der Waals surface area contributed by atoms with Crippen LogP contribution in [0.4, 0.5) is 4.39 Å². The summed E-state index contributed by atoms with van der Waals surface area (Å²) in [7, 11) is -2.32. The molecule has 0 atom stereocenters. The van der Waals surface area contributed by atoms with E-state index < -0.39 is 15.8 Å². The Morgan fingerprint density at radius 2 is 1.86 bits per heavy atom. The second kappa shape index (κ2) is 7.33. The van der Waals surface area contributed by atoms with Gasteiger partial charge < -0.3 is 5.32 Å². The number of halogens is 1. The molecule has 120 valence electrons. The minimum Gasteiger partial charge on any atom is -0.310 e. The van der Waals surface area contributed by atoms with Crippen LogP contribution in [-0.2, 0) is 16.6 Å². The van der Waals surface area contributed by atoms with Gasteiger partial charge in [0.25, 0.3) is 0 Å². The van der Waals surface area contributed by atoms with Gasteiger partial charge in [0, 0.05) is 26.2 Å². The molecule has 1 rings (SSSR count). The van der Waals surface area contributed by atoms with Gasteiger partial charge in [-0.3, -0.25) is 0 Å². The van der Waals surface area contributed by atoms with Crippen molar-refractivity contribution in [3.63, 3.8) is 0 Å². The third-order valence-corrected chi connectivity index (χ3v) is 4.86. The maximum absolute atomic E-state index is 13.9. The van der Waals surface area contributed by atoms with E-state index in [1.54, 1.807) is 6.07 Å². The first-order chi connectivity index (χ1) is 9.64. The van der Waals surface area contributed by atoms with Gasteiger partial charge in [0.05, 0.1) is 0 Å². The smallest absolute Gasteiger partial charge is 0.245 e. The largest absolute Gasteiger partial charge is 0.310 e. The number of sulfonamides is 1. The average molecular weight is 316 g/mol. The molecule has 0 heterocycles. The number of rotatable bonds is 7. The van der Waals surface area contributed by atoms with Crippen LogP contribution in [0.25, 0.3) is 0 Å². The van der Waals surface area contributed by atoms with Gasteiger partial charge in [-0.05, 0) is 23.6 Å². The zero-order chi connectivity index (χ0) is 16.2. The third-order valence-electron chi connectivity index (χ3n) is 3.02. The summed E-state index contributed by atoms with van der Waals surface area (Å²) in [4.78, 5) is -0.256. The first kappa shape index (κ1) is 18.1.